The van der Waals surface area contributed by atoms with Crippen LogP contribution in [0.4, 0.5) is 0 Å². The van der Waals surface area contributed by atoms with Crippen molar-refractivity contribution in [1.29, 1.82) is 0 Å². The van der Waals surface area contributed by atoms with Crippen molar-refractivity contribution in [2.24, 2.45) is 5.92 Å². The minimum atomic E-state index is 0.649. The summed E-state index contributed by atoms with van der Waals surface area (Å²) < 4.78 is 5.43. The molecule has 0 bridgehead atoms. The van der Waals surface area contributed by atoms with Gasteiger partial charge in [0.1, 0.15) is 5.75 Å². The van der Waals surface area contributed by atoms with Gasteiger partial charge in [-0.1, -0.05) is 31.0 Å². The largest absolute Gasteiger partial charge is 0.492 e. The maximum atomic E-state index is 6.17. The summed E-state index contributed by atoms with van der Waals surface area (Å²) >= 11 is 6.17. The van der Waals surface area contributed by atoms with Crippen LogP contribution >= 0.6 is 11.6 Å². The molecular formula is C14H22ClNO. The molecule has 1 unspecified atom stereocenters. The van der Waals surface area contributed by atoms with Crippen molar-refractivity contribution >= 4 is 11.6 Å². The third-order valence-electron chi connectivity index (χ3n) is 2.89. The summed E-state index contributed by atoms with van der Waals surface area (Å²) in [6.07, 6.45) is 2.23. The molecule has 0 fully saturated rings. The van der Waals surface area contributed by atoms with Gasteiger partial charge in [-0.2, -0.15) is 0 Å². The number of hydrogen-bond acceptors (Lipinski definition) is 2. The highest BCUT2D eigenvalue weighted by Gasteiger charge is 2.08. The Morgan fingerprint density at radius 1 is 1.35 bits per heavy atom. The lowest BCUT2D eigenvalue weighted by Gasteiger charge is -2.15. The summed E-state index contributed by atoms with van der Waals surface area (Å²) in [5.74, 6) is 1.44. The van der Waals surface area contributed by atoms with E-state index in [0.717, 1.165) is 18.7 Å². The van der Waals surface area contributed by atoms with Crippen LogP contribution in [0.25, 0.3) is 0 Å². The maximum Gasteiger partial charge on any atom is 0.137 e. The van der Waals surface area contributed by atoms with E-state index in [2.05, 4.69) is 18.3 Å². The monoisotopic (exact) mass is 255 g/mol. The first-order chi connectivity index (χ1) is 8.21. The van der Waals surface area contributed by atoms with Gasteiger partial charge in [-0.15, -0.1) is 0 Å². The highest BCUT2D eigenvalue weighted by Crippen LogP contribution is 2.26. The van der Waals surface area contributed by atoms with Crippen LogP contribution in [0, 0.1) is 5.92 Å². The molecule has 3 heteroatoms. The van der Waals surface area contributed by atoms with Gasteiger partial charge in [0, 0.05) is 0 Å². The van der Waals surface area contributed by atoms with E-state index < -0.39 is 0 Å². The Morgan fingerprint density at radius 2 is 2.12 bits per heavy atom. The molecular weight excluding hydrogens is 234 g/mol. The van der Waals surface area contributed by atoms with Gasteiger partial charge in [0.2, 0.25) is 0 Å². The number of hydrogen-bond donors (Lipinski definition) is 1. The zero-order valence-electron chi connectivity index (χ0n) is 10.9. The van der Waals surface area contributed by atoms with E-state index in [1.807, 2.05) is 26.1 Å². The van der Waals surface area contributed by atoms with E-state index in [0.29, 0.717) is 17.5 Å². The second kappa shape index (κ2) is 7.57. The van der Waals surface area contributed by atoms with Gasteiger partial charge < -0.3 is 10.1 Å². The zero-order chi connectivity index (χ0) is 12.7. The average molecular weight is 256 g/mol. The number of benzene rings is 1. The normalized spacial score (nSPS) is 12.5. The molecule has 17 heavy (non-hydrogen) atoms. The molecule has 1 N–H and O–H groups in total. The molecule has 0 radical (unpaired) electrons. The quantitative estimate of drug-likeness (QED) is 0.805. The minimum absolute atomic E-state index is 0.649. The SMILES string of the molecule is CCOc1ccc(CC(CC)CNC)cc1Cl. The number of rotatable bonds is 7. The summed E-state index contributed by atoms with van der Waals surface area (Å²) in [5.41, 5.74) is 1.28. The van der Waals surface area contributed by atoms with Crippen LogP contribution in [-0.2, 0) is 6.42 Å². The molecule has 0 amide bonds. The van der Waals surface area contributed by atoms with Gasteiger partial charge in [0.15, 0.2) is 0 Å². The summed E-state index contributed by atoms with van der Waals surface area (Å²) in [7, 11) is 1.99. The molecule has 96 valence electrons. The van der Waals surface area contributed by atoms with Gasteiger partial charge in [0.05, 0.1) is 11.6 Å². The van der Waals surface area contributed by atoms with Gasteiger partial charge in [0.25, 0.3) is 0 Å². The topological polar surface area (TPSA) is 21.3 Å². The van der Waals surface area contributed by atoms with Crippen molar-refractivity contribution in [3.05, 3.63) is 28.8 Å². The van der Waals surface area contributed by atoms with Crippen molar-refractivity contribution < 1.29 is 4.74 Å². The van der Waals surface area contributed by atoms with Crippen LogP contribution in [0.1, 0.15) is 25.8 Å². The first-order valence-electron chi connectivity index (χ1n) is 6.27. The van der Waals surface area contributed by atoms with Crippen molar-refractivity contribution in [3.8, 4) is 5.75 Å². The molecule has 1 aromatic carbocycles. The fourth-order valence-electron chi connectivity index (χ4n) is 1.93. The first-order valence-corrected chi connectivity index (χ1v) is 6.64. The highest BCUT2D eigenvalue weighted by atomic mass is 35.5. The summed E-state index contributed by atoms with van der Waals surface area (Å²) in [4.78, 5) is 0. The molecule has 0 aliphatic carbocycles. The second-order valence-corrected chi connectivity index (χ2v) is 4.64. The minimum Gasteiger partial charge on any atom is -0.492 e. The molecule has 0 heterocycles. The molecule has 0 saturated heterocycles. The Balaban J connectivity index is 2.68. The molecule has 1 atom stereocenters. The van der Waals surface area contributed by atoms with Crippen LogP contribution in [-0.4, -0.2) is 20.2 Å². The summed E-state index contributed by atoms with van der Waals surface area (Å²) in [6, 6.07) is 6.09. The average Bonchev–Trinajstić information content (AvgIpc) is 2.32. The van der Waals surface area contributed by atoms with Gasteiger partial charge >= 0.3 is 0 Å². The lowest BCUT2D eigenvalue weighted by molar-refractivity contribution is 0.340. The van der Waals surface area contributed by atoms with E-state index in [9.17, 15) is 0 Å². The molecule has 2 nitrogen and oxygen atoms in total. The highest BCUT2D eigenvalue weighted by molar-refractivity contribution is 6.32. The molecule has 1 rings (SSSR count). The third kappa shape index (κ3) is 4.57. The fraction of sp³-hybridized carbons (Fsp3) is 0.571. The lowest BCUT2D eigenvalue weighted by atomic mass is 9.97. The van der Waals surface area contributed by atoms with E-state index in [4.69, 9.17) is 16.3 Å². The first kappa shape index (κ1) is 14.3. The standard InChI is InChI=1S/C14H22ClNO/c1-4-11(10-16-3)8-12-6-7-14(17-5-2)13(15)9-12/h6-7,9,11,16H,4-5,8,10H2,1-3H3. The van der Waals surface area contributed by atoms with E-state index in [-0.39, 0.29) is 0 Å². The van der Waals surface area contributed by atoms with Crippen LogP contribution in [0.2, 0.25) is 5.02 Å². The van der Waals surface area contributed by atoms with Crippen LogP contribution in [0.5, 0.6) is 5.75 Å². The molecule has 0 aromatic heterocycles. The summed E-state index contributed by atoms with van der Waals surface area (Å²) in [5, 5.41) is 3.94. The molecule has 0 aliphatic heterocycles. The van der Waals surface area contributed by atoms with E-state index in [1.165, 1.54) is 12.0 Å². The van der Waals surface area contributed by atoms with Crippen LogP contribution in [0.3, 0.4) is 0 Å². The number of ether oxygens (including phenoxy) is 1. The van der Waals surface area contributed by atoms with Gasteiger partial charge in [-0.3, -0.25) is 0 Å². The van der Waals surface area contributed by atoms with Crippen LogP contribution < -0.4 is 10.1 Å². The lowest BCUT2D eigenvalue weighted by Crippen LogP contribution is -2.20. The Bertz CT molecular complexity index is 341. The Kier molecular flexibility index (Phi) is 6.38. The second-order valence-electron chi connectivity index (χ2n) is 4.23. The molecule has 0 aliphatic rings. The Morgan fingerprint density at radius 3 is 2.65 bits per heavy atom. The van der Waals surface area contributed by atoms with Gasteiger partial charge in [-0.25, -0.2) is 0 Å². The molecule has 1 aromatic rings. The summed E-state index contributed by atoms with van der Waals surface area (Å²) in [6.45, 7) is 5.88. The Hall–Kier alpha value is -0.730. The van der Waals surface area contributed by atoms with Crippen molar-refractivity contribution in [2.75, 3.05) is 20.2 Å². The smallest absolute Gasteiger partial charge is 0.137 e. The predicted molar refractivity (Wildman–Crippen MR) is 74.0 cm³/mol. The van der Waals surface area contributed by atoms with Crippen LogP contribution in [0.15, 0.2) is 18.2 Å². The van der Waals surface area contributed by atoms with Crippen molar-refractivity contribution in [2.45, 2.75) is 26.7 Å². The number of halogens is 1. The third-order valence-corrected chi connectivity index (χ3v) is 3.19. The van der Waals surface area contributed by atoms with Crippen molar-refractivity contribution in [3.63, 3.8) is 0 Å². The van der Waals surface area contributed by atoms with Crippen molar-refractivity contribution in [1.82, 2.24) is 5.32 Å². The van der Waals surface area contributed by atoms with Gasteiger partial charge in [-0.05, 0) is 50.6 Å². The maximum absolute atomic E-state index is 6.17. The fourth-order valence-corrected chi connectivity index (χ4v) is 2.18. The van der Waals surface area contributed by atoms with E-state index >= 15 is 0 Å². The predicted octanol–water partition coefficient (Wildman–Crippen LogP) is 3.53. The Labute approximate surface area is 109 Å². The molecule has 0 saturated carbocycles. The number of nitrogens with one attached hydrogen (secondary N) is 1. The zero-order valence-corrected chi connectivity index (χ0v) is 11.7. The molecule has 0 spiro atoms. The van der Waals surface area contributed by atoms with E-state index in [1.54, 1.807) is 0 Å².